The average molecular weight is 278 g/mol. The molecule has 0 aromatic heterocycles. The van der Waals surface area contributed by atoms with E-state index in [9.17, 15) is 4.39 Å². The second-order valence-corrected chi connectivity index (χ2v) is 5.87. The van der Waals surface area contributed by atoms with E-state index in [0.29, 0.717) is 0 Å². The van der Waals surface area contributed by atoms with E-state index < -0.39 is 0 Å². The van der Waals surface area contributed by atoms with Crippen LogP contribution in [0.2, 0.25) is 0 Å². The Kier molecular flexibility index (Phi) is 6.89. The summed E-state index contributed by atoms with van der Waals surface area (Å²) in [5.41, 5.74) is 3.91. The van der Waals surface area contributed by atoms with Gasteiger partial charge in [-0.15, -0.1) is 6.58 Å². The van der Waals surface area contributed by atoms with Crippen LogP contribution in [0.3, 0.4) is 0 Å². The van der Waals surface area contributed by atoms with Gasteiger partial charge >= 0.3 is 0 Å². The molecule has 1 atom stereocenters. The molecule has 20 heavy (non-hydrogen) atoms. The van der Waals surface area contributed by atoms with Gasteiger partial charge in [-0.25, -0.2) is 4.39 Å². The molecule has 0 aliphatic heterocycles. The Morgan fingerprint density at radius 1 is 1.25 bits per heavy atom. The fraction of sp³-hybridized carbons (Fsp3) is 0.529. The van der Waals surface area contributed by atoms with Gasteiger partial charge in [-0.05, 0) is 37.0 Å². The van der Waals surface area contributed by atoms with Crippen molar-refractivity contribution in [2.75, 3.05) is 0 Å². The highest BCUT2D eigenvalue weighted by Gasteiger charge is 2.30. The van der Waals surface area contributed by atoms with Gasteiger partial charge in [0.2, 0.25) is 0 Å². The van der Waals surface area contributed by atoms with Gasteiger partial charge in [0.05, 0.1) is 0 Å². The van der Waals surface area contributed by atoms with Crippen LogP contribution in [0, 0.1) is 5.82 Å². The maximum absolute atomic E-state index is 13.0. The summed E-state index contributed by atoms with van der Waals surface area (Å²) in [6.45, 7) is 8.03. The van der Waals surface area contributed by atoms with Crippen molar-refractivity contribution in [3.05, 3.63) is 48.3 Å². The number of nitrogens with two attached hydrogens (primary N) is 1. The Balaban J connectivity index is 2.61. The number of hydrogen-bond acceptors (Lipinski definition) is 2. The van der Waals surface area contributed by atoms with Crippen LogP contribution < -0.4 is 11.3 Å². The summed E-state index contributed by atoms with van der Waals surface area (Å²) < 4.78 is 13.0. The molecular weight excluding hydrogens is 251 g/mol. The fourth-order valence-corrected chi connectivity index (χ4v) is 2.55. The molecule has 1 aromatic rings. The van der Waals surface area contributed by atoms with Gasteiger partial charge in [-0.1, -0.05) is 44.9 Å². The number of nitrogens with one attached hydrogen (secondary N) is 1. The van der Waals surface area contributed by atoms with E-state index in [1.807, 2.05) is 18.2 Å². The molecule has 0 amide bonds. The van der Waals surface area contributed by atoms with Crippen molar-refractivity contribution in [1.29, 1.82) is 0 Å². The van der Waals surface area contributed by atoms with Crippen molar-refractivity contribution in [3.8, 4) is 0 Å². The molecule has 0 saturated carbocycles. The molecule has 0 saturated heterocycles. The first-order chi connectivity index (χ1) is 9.52. The molecule has 3 heteroatoms. The minimum Gasteiger partial charge on any atom is -0.271 e. The van der Waals surface area contributed by atoms with Crippen LogP contribution in [0.15, 0.2) is 36.9 Å². The fourth-order valence-electron chi connectivity index (χ4n) is 2.55. The Bertz CT molecular complexity index is 398. The summed E-state index contributed by atoms with van der Waals surface area (Å²) in [4.78, 5) is 0. The number of hydrazine groups is 1. The molecule has 0 spiro atoms. The van der Waals surface area contributed by atoms with Crippen molar-refractivity contribution in [3.63, 3.8) is 0 Å². The van der Waals surface area contributed by atoms with Gasteiger partial charge in [0.25, 0.3) is 0 Å². The van der Waals surface area contributed by atoms with Crippen LogP contribution in [-0.4, -0.2) is 6.04 Å². The third kappa shape index (κ3) is 4.73. The Labute approximate surface area is 122 Å². The van der Waals surface area contributed by atoms with Crippen LogP contribution >= 0.6 is 0 Å². The van der Waals surface area contributed by atoms with Crippen molar-refractivity contribution >= 4 is 0 Å². The maximum atomic E-state index is 13.0. The normalized spacial score (nSPS) is 13.2. The molecule has 3 N–H and O–H groups in total. The molecule has 1 rings (SSSR count). The van der Waals surface area contributed by atoms with Gasteiger partial charge in [0.1, 0.15) is 5.82 Å². The molecule has 0 fully saturated rings. The molecular formula is C17H27FN2. The zero-order chi connectivity index (χ0) is 15.0. The van der Waals surface area contributed by atoms with Crippen LogP contribution in [-0.2, 0) is 5.41 Å². The lowest BCUT2D eigenvalue weighted by molar-refractivity contribution is 0.317. The highest BCUT2D eigenvalue weighted by Crippen LogP contribution is 2.29. The van der Waals surface area contributed by atoms with E-state index in [1.165, 1.54) is 25.0 Å². The lowest BCUT2D eigenvalue weighted by Crippen LogP contribution is -2.48. The zero-order valence-corrected chi connectivity index (χ0v) is 12.7. The SMILES string of the molecule is C=CCCCCCC(NN)C(C)(C)c1ccc(F)cc1. The summed E-state index contributed by atoms with van der Waals surface area (Å²) in [7, 11) is 0. The highest BCUT2D eigenvalue weighted by molar-refractivity contribution is 5.26. The average Bonchev–Trinajstić information content (AvgIpc) is 2.43. The monoisotopic (exact) mass is 278 g/mol. The van der Waals surface area contributed by atoms with E-state index in [4.69, 9.17) is 5.84 Å². The summed E-state index contributed by atoms with van der Waals surface area (Å²) in [5, 5.41) is 0. The van der Waals surface area contributed by atoms with Crippen LogP contribution in [0.1, 0.15) is 51.5 Å². The number of allylic oxidation sites excluding steroid dienone is 1. The van der Waals surface area contributed by atoms with E-state index in [2.05, 4.69) is 25.9 Å². The largest absolute Gasteiger partial charge is 0.271 e. The van der Waals surface area contributed by atoms with E-state index in [1.54, 1.807) is 0 Å². The summed E-state index contributed by atoms with van der Waals surface area (Å²) >= 11 is 0. The molecule has 0 aliphatic carbocycles. The number of rotatable bonds is 9. The zero-order valence-electron chi connectivity index (χ0n) is 12.7. The molecule has 112 valence electrons. The minimum atomic E-state index is -0.203. The highest BCUT2D eigenvalue weighted by atomic mass is 19.1. The second-order valence-electron chi connectivity index (χ2n) is 5.87. The molecule has 0 radical (unpaired) electrons. The smallest absolute Gasteiger partial charge is 0.123 e. The van der Waals surface area contributed by atoms with Crippen molar-refractivity contribution in [2.45, 2.75) is 57.4 Å². The van der Waals surface area contributed by atoms with Gasteiger partial charge in [0.15, 0.2) is 0 Å². The Morgan fingerprint density at radius 3 is 2.45 bits per heavy atom. The third-order valence-corrected chi connectivity index (χ3v) is 4.06. The van der Waals surface area contributed by atoms with E-state index in [-0.39, 0.29) is 17.3 Å². The predicted octanol–water partition coefficient (Wildman–Crippen LogP) is 4.07. The van der Waals surface area contributed by atoms with E-state index in [0.717, 1.165) is 24.8 Å². The van der Waals surface area contributed by atoms with Gasteiger partial charge < -0.3 is 0 Å². The first kappa shape index (κ1) is 16.9. The van der Waals surface area contributed by atoms with Gasteiger partial charge in [-0.3, -0.25) is 11.3 Å². The quantitative estimate of drug-likeness (QED) is 0.309. The second kappa shape index (κ2) is 8.18. The van der Waals surface area contributed by atoms with Crippen molar-refractivity contribution in [1.82, 2.24) is 5.43 Å². The lowest BCUT2D eigenvalue weighted by atomic mass is 9.76. The Morgan fingerprint density at radius 2 is 1.90 bits per heavy atom. The minimum absolute atomic E-state index is 0.124. The van der Waals surface area contributed by atoms with Gasteiger partial charge in [-0.2, -0.15) is 0 Å². The molecule has 0 aliphatic rings. The summed E-state index contributed by atoms with van der Waals surface area (Å²) in [6.07, 6.45) is 7.54. The summed E-state index contributed by atoms with van der Waals surface area (Å²) in [6, 6.07) is 6.88. The van der Waals surface area contributed by atoms with E-state index >= 15 is 0 Å². The standard InChI is InChI=1S/C17H27FN2/c1-4-5-6-7-8-9-16(20-19)17(2,3)14-10-12-15(18)13-11-14/h4,10-13,16,20H,1,5-9,19H2,2-3H3. The van der Waals surface area contributed by atoms with Crippen molar-refractivity contribution < 1.29 is 4.39 Å². The number of halogens is 1. The molecule has 0 heterocycles. The van der Waals surface area contributed by atoms with Gasteiger partial charge in [0, 0.05) is 11.5 Å². The number of unbranched alkanes of at least 4 members (excludes halogenated alkanes) is 3. The molecule has 2 nitrogen and oxygen atoms in total. The van der Waals surface area contributed by atoms with Crippen LogP contribution in [0.25, 0.3) is 0 Å². The number of hydrogen-bond donors (Lipinski definition) is 2. The molecule has 1 unspecified atom stereocenters. The van der Waals surface area contributed by atoms with Crippen LogP contribution in [0.5, 0.6) is 0 Å². The first-order valence-corrected chi connectivity index (χ1v) is 7.35. The summed E-state index contributed by atoms with van der Waals surface area (Å²) in [5.74, 6) is 5.52. The molecule has 0 bridgehead atoms. The van der Waals surface area contributed by atoms with Crippen LogP contribution in [0.4, 0.5) is 4.39 Å². The maximum Gasteiger partial charge on any atom is 0.123 e. The van der Waals surface area contributed by atoms with Crippen molar-refractivity contribution in [2.24, 2.45) is 5.84 Å². The topological polar surface area (TPSA) is 38.0 Å². The third-order valence-electron chi connectivity index (χ3n) is 4.06. The Hall–Kier alpha value is -1.19. The number of benzene rings is 1. The lowest BCUT2D eigenvalue weighted by Gasteiger charge is -2.34. The predicted molar refractivity (Wildman–Crippen MR) is 83.8 cm³/mol. The molecule has 1 aromatic carbocycles. The first-order valence-electron chi connectivity index (χ1n) is 7.35.